The maximum Gasteiger partial charge on any atom is 0.270 e. The monoisotopic (exact) mass is 339 g/mol. The first-order valence-corrected chi connectivity index (χ1v) is 7.79. The van der Waals surface area contributed by atoms with Crippen molar-refractivity contribution in [3.8, 4) is 11.3 Å². The largest absolute Gasteiger partial charge is 0.455 e. The molecule has 1 saturated carbocycles. The number of nitro benzene ring substituents is 1. The van der Waals surface area contributed by atoms with E-state index in [0.29, 0.717) is 29.9 Å². The number of carbonyl (C=O) groups excluding carboxylic acids is 1. The lowest BCUT2D eigenvalue weighted by molar-refractivity contribution is -0.384. The Kier molecular flexibility index (Phi) is 4.47. The molecule has 1 amide bonds. The Labute approximate surface area is 144 Å². The van der Waals surface area contributed by atoms with Crippen molar-refractivity contribution in [1.29, 1.82) is 0 Å². The first-order valence-electron chi connectivity index (χ1n) is 7.79. The van der Waals surface area contributed by atoms with Crippen molar-refractivity contribution in [2.24, 2.45) is 11.0 Å². The molecule has 2 aromatic rings. The number of aryl methyl sites for hydroxylation is 1. The summed E-state index contributed by atoms with van der Waals surface area (Å²) in [6.45, 7) is 5.65. The molecule has 1 aromatic carbocycles. The van der Waals surface area contributed by atoms with Gasteiger partial charge < -0.3 is 4.42 Å². The van der Waals surface area contributed by atoms with Gasteiger partial charge in [-0.25, -0.2) is 5.43 Å². The number of hydrazone groups is 1. The molecule has 7 nitrogen and oxygen atoms in total. The second kappa shape index (κ2) is 6.72. The average Bonchev–Trinajstić information content (AvgIpc) is 3.00. The number of allylic oxidation sites excluding steroid dienone is 1. The number of amides is 1. The summed E-state index contributed by atoms with van der Waals surface area (Å²) >= 11 is 0. The Hall–Kier alpha value is -3.22. The van der Waals surface area contributed by atoms with E-state index in [1.807, 2.05) is 6.92 Å². The summed E-state index contributed by atoms with van der Waals surface area (Å²) in [7, 11) is 0. The fourth-order valence-electron chi connectivity index (χ4n) is 2.63. The van der Waals surface area contributed by atoms with E-state index in [0.717, 1.165) is 11.1 Å². The minimum atomic E-state index is -0.446. The van der Waals surface area contributed by atoms with Gasteiger partial charge in [0.2, 0.25) is 5.91 Å². The fourth-order valence-corrected chi connectivity index (χ4v) is 2.63. The van der Waals surface area contributed by atoms with Gasteiger partial charge in [0.1, 0.15) is 11.5 Å². The lowest BCUT2D eigenvalue weighted by atomic mass is 9.81. The standard InChI is InChI=1S/C18H17N3O4/c1-11-7-13(8-11)18(22)20-19-10-15-5-6-17(25-15)16-9-14(21(23)24)4-3-12(16)2/h3-6,9-10,13H,1,7-8H2,2H3,(H,20,22)/b19-10-. The average molecular weight is 339 g/mol. The highest BCUT2D eigenvalue weighted by Crippen LogP contribution is 2.31. The van der Waals surface area contributed by atoms with Crippen LogP contribution in [0.3, 0.4) is 0 Å². The number of hydrogen-bond acceptors (Lipinski definition) is 5. The summed E-state index contributed by atoms with van der Waals surface area (Å²) in [5, 5.41) is 14.8. The number of non-ortho nitro benzene ring substituents is 1. The third kappa shape index (κ3) is 3.65. The normalized spacial score (nSPS) is 14.5. The highest BCUT2D eigenvalue weighted by atomic mass is 16.6. The zero-order valence-electron chi connectivity index (χ0n) is 13.7. The van der Waals surface area contributed by atoms with Crippen LogP contribution in [0.1, 0.15) is 24.2 Å². The number of nitrogens with zero attached hydrogens (tertiary/aromatic N) is 2. The number of nitrogens with one attached hydrogen (secondary N) is 1. The van der Waals surface area contributed by atoms with Crippen molar-refractivity contribution in [3.63, 3.8) is 0 Å². The number of furan rings is 1. The van der Waals surface area contributed by atoms with Gasteiger partial charge >= 0.3 is 0 Å². The van der Waals surface area contributed by atoms with E-state index < -0.39 is 4.92 Å². The molecular weight excluding hydrogens is 322 g/mol. The molecule has 128 valence electrons. The van der Waals surface area contributed by atoms with Gasteiger partial charge in [0, 0.05) is 23.6 Å². The van der Waals surface area contributed by atoms with E-state index in [1.165, 1.54) is 18.3 Å². The third-order valence-corrected chi connectivity index (χ3v) is 4.13. The lowest BCUT2D eigenvalue weighted by Crippen LogP contribution is -2.32. The Morgan fingerprint density at radius 1 is 1.40 bits per heavy atom. The van der Waals surface area contributed by atoms with Crippen molar-refractivity contribution in [2.45, 2.75) is 19.8 Å². The van der Waals surface area contributed by atoms with Crippen molar-refractivity contribution in [3.05, 3.63) is 63.9 Å². The summed E-state index contributed by atoms with van der Waals surface area (Å²) in [6.07, 6.45) is 2.82. The SMILES string of the molecule is C=C1CC(C(=O)N/N=C\c2ccc(-c3cc([N+](=O)[O-])ccc3C)o2)C1. The number of nitro groups is 1. The first kappa shape index (κ1) is 16.6. The highest BCUT2D eigenvalue weighted by Gasteiger charge is 2.28. The number of benzene rings is 1. The Morgan fingerprint density at radius 2 is 2.16 bits per heavy atom. The van der Waals surface area contributed by atoms with Gasteiger partial charge in [-0.1, -0.05) is 18.2 Å². The van der Waals surface area contributed by atoms with Gasteiger partial charge in [0.25, 0.3) is 5.69 Å². The van der Waals surface area contributed by atoms with Crippen LogP contribution in [0, 0.1) is 23.0 Å². The second-order valence-corrected chi connectivity index (χ2v) is 6.05. The van der Waals surface area contributed by atoms with Crippen LogP contribution in [0.2, 0.25) is 0 Å². The summed E-state index contributed by atoms with van der Waals surface area (Å²) in [5.41, 5.74) is 5.06. The smallest absolute Gasteiger partial charge is 0.270 e. The van der Waals surface area contributed by atoms with Crippen LogP contribution in [0.25, 0.3) is 11.3 Å². The molecular formula is C18H17N3O4. The van der Waals surface area contributed by atoms with E-state index >= 15 is 0 Å². The molecule has 1 heterocycles. The molecule has 0 bridgehead atoms. The molecule has 25 heavy (non-hydrogen) atoms. The molecule has 1 aromatic heterocycles. The zero-order valence-corrected chi connectivity index (χ0v) is 13.7. The van der Waals surface area contributed by atoms with Crippen molar-refractivity contribution < 1.29 is 14.1 Å². The van der Waals surface area contributed by atoms with Gasteiger partial charge in [0.15, 0.2) is 0 Å². The molecule has 0 unspecified atom stereocenters. The van der Waals surface area contributed by atoms with E-state index in [1.54, 1.807) is 18.2 Å². The molecule has 1 N–H and O–H groups in total. The predicted octanol–water partition coefficient (Wildman–Crippen LogP) is 3.58. The summed E-state index contributed by atoms with van der Waals surface area (Å²) in [5.74, 6) is 0.762. The van der Waals surface area contributed by atoms with Crippen LogP contribution < -0.4 is 5.43 Å². The fraction of sp³-hybridized carbons (Fsp3) is 0.222. The van der Waals surface area contributed by atoms with Crippen LogP contribution in [-0.4, -0.2) is 17.0 Å². The highest BCUT2D eigenvalue weighted by molar-refractivity contribution is 5.83. The molecule has 0 radical (unpaired) electrons. The molecule has 0 spiro atoms. The Balaban J connectivity index is 1.69. The molecule has 0 saturated heterocycles. The first-order chi connectivity index (χ1) is 11.9. The summed E-state index contributed by atoms with van der Waals surface area (Å²) in [4.78, 5) is 22.2. The lowest BCUT2D eigenvalue weighted by Gasteiger charge is -2.25. The molecule has 0 atom stereocenters. The molecule has 0 aliphatic heterocycles. The van der Waals surface area contributed by atoms with Gasteiger partial charge in [0.05, 0.1) is 11.1 Å². The van der Waals surface area contributed by atoms with Crippen LogP contribution in [0.4, 0.5) is 5.69 Å². The molecule has 1 aliphatic carbocycles. The van der Waals surface area contributed by atoms with E-state index in [4.69, 9.17) is 4.42 Å². The Bertz CT molecular complexity index is 874. The van der Waals surface area contributed by atoms with Crippen LogP contribution in [0.15, 0.2) is 52.0 Å². The third-order valence-electron chi connectivity index (χ3n) is 4.13. The zero-order chi connectivity index (χ0) is 18.0. The van der Waals surface area contributed by atoms with Crippen LogP contribution in [0.5, 0.6) is 0 Å². The maximum absolute atomic E-state index is 11.8. The molecule has 3 rings (SSSR count). The second-order valence-electron chi connectivity index (χ2n) is 6.05. The molecule has 1 fully saturated rings. The molecule has 1 aliphatic rings. The summed E-state index contributed by atoms with van der Waals surface area (Å²) < 4.78 is 5.65. The minimum absolute atomic E-state index is 0.00145. The van der Waals surface area contributed by atoms with Gasteiger partial charge in [-0.05, 0) is 37.5 Å². The van der Waals surface area contributed by atoms with E-state index in [2.05, 4.69) is 17.1 Å². The van der Waals surface area contributed by atoms with Crippen molar-refractivity contribution in [2.75, 3.05) is 0 Å². The van der Waals surface area contributed by atoms with Crippen molar-refractivity contribution in [1.82, 2.24) is 5.43 Å². The number of rotatable bonds is 5. The van der Waals surface area contributed by atoms with Gasteiger partial charge in [-0.15, -0.1) is 0 Å². The topological polar surface area (TPSA) is 97.7 Å². The maximum atomic E-state index is 11.8. The minimum Gasteiger partial charge on any atom is -0.455 e. The quantitative estimate of drug-likeness (QED) is 0.389. The van der Waals surface area contributed by atoms with Crippen LogP contribution >= 0.6 is 0 Å². The number of hydrogen-bond donors (Lipinski definition) is 1. The predicted molar refractivity (Wildman–Crippen MR) is 93.1 cm³/mol. The molecule has 7 heteroatoms. The van der Waals surface area contributed by atoms with Crippen molar-refractivity contribution >= 4 is 17.8 Å². The Morgan fingerprint density at radius 3 is 2.84 bits per heavy atom. The number of carbonyl (C=O) groups is 1. The van der Waals surface area contributed by atoms with E-state index in [9.17, 15) is 14.9 Å². The van der Waals surface area contributed by atoms with E-state index in [-0.39, 0.29) is 17.5 Å². The van der Waals surface area contributed by atoms with Crippen LogP contribution in [-0.2, 0) is 4.79 Å². The summed E-state index contributed by atoms with van der Waals surface area (Å²) in [6, 6.07) is 8.01. The van der Waals surface area contributed by atoms with Gasteiger partial charge in [-0.3, -0.25) is 14.9 Å². The van der Waals surface area contributed by atoms with Gasteiger partial charge in [-0.2, -0.15) is 5.10 Å².